The van der Waals surface area contributed by atoms with Crippen molar-refractivity contribution < 1.29 is 19.0 Å². The number of carbonyl (C=O) groups is 1. The zero-order valence-electron chi connectivity index (χ0n) is 13.0. The predicted molar refractivity (Wildman–Crippen MR) is 82.1 cm³/mol. The van der Waals surface area contributed by atoms with Crippen molar-refractivity contribution in [3.63, 3.8) is 0 Å². The van der Waals surface area contributed by atoms with Gasteiger partial charge in [-0.05, 0) is 31.0 Å². The largest absolute Gasteiger partial charge is 0.388 e. The van der Waals surface area contributed by atoms with Gasteiger partial charge in [0.1, 0.15) is 5.82 Å². The van der Waals surface area contributed by atoms with E-state index in [9.17, 15) is 14.3 Å². The molecule has 22 heavy (non-hydrogen) atoms. The number of rotatable bonds is 5. The molecule has 0 saturated heterocycles. The summed E-state index contributed by atoms with van der Waals surface area (Å²) >= 11 is 0. The molecule has 5 heteroatoms. The van der Waals surface area contributed by atoms with E-state index in [1.54, 1.807) is 0 Å². The Morgan fingerprint density at radius 3 is 2.64 bits per heavy atom. The van der Waals surface area contributed by atoms with E-state index in [1.165, 1.54) is 25.3 Å². The summed E-state index contributed by atoms with van der Waals surface area (Å²) in [6, 6.07) is 4.20. The van der Waals surface area contributed by atoms with Gasteiger partial charge in [-0.25, -0.2) is 4.39 Å². The number of hydrogen-bond acceptors (Lipinski definition) is 3. The van der Waals surface area contributed by atoms with Crippen LogP contribution in [0.3, 0.4) is 0 Å². The van der Waals surface area contributed by atoms with Gasteiger partial charge in [-0.1, -0.05) is 25.7 Å². The molecule has 0 aliphatic heterocycles. The number of carbonyl (C=O) groups excluding carboxylic acids is 1. The zero-order valence-corrected chi connectivity index (χ0v) is 13.0. The predicted octanol–water partition coefficient (Wildman–Crippen LogP) is 2.79. The summed E-state index contributed by atoms with van der Waals surface area (Å²) in [6.07, 6.45) is 5.67. The summed E-state index contributed by atoms with van der Waals surface area (Å²) < 4.78 is 18.5. The van der Waals surface area contributed by atoms with Crippen LogP contribution in [0.4, 0.5) is 4.39 Å². The van der Waals surface area contributed by atoms with Crippen molar-refractivity contribution in [1.29, 1.82) is 0 Å². The van der Waals surface area contributed by atoms with Crippen LogP contribution < -0.4 is 5.32 Å². The molecule has 122 valence electrons. The van der Waals surface area contributed by atoms with Gasteiger partial charge in [-0.3, -0.25) is 4.79 Å². The molecule has 1 aliphatic rings. The van der Waals surface area contributed by atoms with Crippen LogP contribution in [0.2, 0.25) is 0 Å². The molecular formula is C17H24FNO3. The molecule has 0 atom stereocenters. The molecule has 1 aliphatic carbocycles. The molecule has 0 heterocycles. The molecule has 1 fully saturated rings. The highest BCUT2D eigenvalue weighted by Gasteiger charge is 2.28. The average molecular weight is 309 g/mol. The van der Waals surface area contributed by atoms with Gasteiger partial charge in [0.25, 0.3) is 5.91 Å². The summed E-state index contributed by atoms with van der Waals surface area (Å²) in [5.74, 6) is -0.684. The van der Waals surface area contributed by atoms with E-state index in [0.29, 0.717) is 24.0 Å². The van der Waals surface area contributed by atoms with Crippen LogP contribution in [0.15, 0.2) is 18.2 Å². The highest BCUT2D eigenvalue weighted by Crippen LogP contribution is 2.26. The lowest BCUT2D eigenvalue weighted by atomic mass is 9.94. The minimum absolute atomic E-state index is 0.122. The first kappa shape index (κ1) is 16.9. The Balaban J connectivity index is 1.98. The monoisotopic (exact) mass is 309 g/mol. The molecule has 0 aromatic heterocycles. The third-order valence-electron chi connectivity index (χ3n) is 4.22. The van der Waals surface area contributed by atoms with Gasteiger partial charge in [0.2, 0.25) is 0 Å². The second kappa shape index (κ2) is 7.70. The van der Waals surface area contributed by atoms with Crippen molar-refractivity contribution in [1.82, 2.24) is 5.32 Å². The Morgan fingerprint density at radius 2 is 2.00 bits per heavy atom. The maximum absolute atomic E-state index is 13.6. The number of amides is 1. The van der Waals surface area contributed by atoms with E-state index < -0.39 is 5.60 Å². The lowest BCUT2D eigenvalue weighted by Gasteiger charge is -2.26. The second-order valence-electron chi connectivity index (χ2n) is 6.06. The molecule has 0 radical (unpaired) electrons. The van der Waals surface area contributed by atoms with Crippen LogP contribution in [0.5, 0.6) is 0 Å². The minimum Gasteiger partial charge on any atom is -0.388 e. The quantitative estimate of drug-likeness (QED) is 0.822. The van der Waals surface area contributed by atoms with Gasteiger partial charge >= 0.3 is 0 Å². The fourth-order valence-corrected chi connectivity index (χ4v) is 2.89. The number of benzene rings is 1. The third-order valence-corrected chi connectivity index (χ3v) is 4.22. The minimum atomic E-state index is -0.818. The number of methoxy groups -OCH3 is 1. The Morgan fingerprint density at radius 1 is 1.32 bits per heavy atom. The number of nitrogens with one attached hydrogen (secondary N) is 1. The third kappa shape index (κ3) is 4.52. The number of aliphatic hydroxyl groups is 1. The van der Waals surface area contributed by atoms with E-state index in [0.717, 1.165) is 25.7 Å². The first-order valence-corrected chi connectivity index (χ1v) is 7.82. The van der Waals surface area contributed by atoms with Crippen molar-refractivity contribution in [2.24, 2.45) is 0 Å². The first-order chi connectivity index (χ1) is 10.5. The van der Waals surface area contributed by atoms with Crippen molar-refractivity contribution in [2.45, 2.75) is 50.7 Å². The van der Waals surface area contributed by atoms with E-state index in [4.69, 9.17) is 4.74 Å². The van der Waals surface area contributed by atoms with Crippen LogP contribution in [0.25, 0.3) is 0 Å². The second-order valence-corrected chi connectivity index (χ2v) is 6.06. The van der Waals surface area contributed by atoms with Gasteiger partial charge < -0.3 is 15.2 Å². The smallest absolute Gasteiger partial charge is 0.251 e. The van der Waals surface area contributed by atoms with Gasteiger partial charge in [-0.15, -0.1) is 0 Å². The molecule has 0 spiro atoms. The number of hydrogen-bond donors (Lipinski definition) is 2. The highest BCUT2D eigenvalue weighted by atomic mass is 19.1. The Bertz CT molecular complexity index is 511. The van der Waals surface area contributed by atoms with Crippen molar-refractivity contribution in [3.05, 3.63) is 35.1 Å². The first-order valence-electron chi connectivity index (χ1n) is 7.82. The fraction of sp³-hybridized carbons (Fsp3) is 0.588. The van der Waals surface area contributed by atoms with Crippen LogP contribution in [-0.2, 0) is 11.3 Å². The van der Waals surface area contributed by atoms with Gasteiger partial charge in [-0.2, -0.15) is 0 Å². The summed E-state index contributed by atoms with van der Waals surface area (Å²) in [5, 5.41) is 13.3. The van der Waals surface area contributed by atoms with Crippen LogP contribution in [0.1, 0.15) is 54.4 Å². The fourth-order valence-electron chi connectivity index (χ4n) is 2.89. The maximum Gasteiger partial charge on any atom is 0.251 e. The Hall–Kier alpha value is -1.46. The molecular weight excluding hydrogens is 285 g/mol. The summed E-state index contributed by atoms with van der Waals surface area (Å²) in [4.78, 5) is 12.2. The average Bonchev–Trinajstić information content (AvgIpc) is 2.72. The van der Waals surface area contributed by atoms with Crippen molar-refractivity contribution >= 4 is 5.91 Å². The number of ether oxygens (including phenoxy) is 1. The van der Waals surface area contributed by atoms with Crippen molar-refractivity contribution in [2.75, 3.05) is 13.7 Å². The van der Waals surface area contributed by atoms with Crippen molar-refractivity contribution in [3.8, 4) is 0 Å². The Kier molecular flexibility index (Phi) is 5.91. The normalized spacial score (nSPS) is 17.8. The molecule has 4 nitrogen and oxygen atoms in total. The molecule has 2 N–H and O–H groups in total. The van der Waals surface area contributed by atoms with E-state index in [-0.39, 0.29) is 24.9 Å². The van der Waals surface area contributed by atoms with Gasteiger partial charge in [0.05, 0.1) is 12.2 Å². The summed E-state index contributed by atoms with van der Waals surface area (Å²) in [5.41, 5.74) is -0.0874. The van der Waals surface area contributed by atoms with E-state index in [1.807, 2.05) is 0 Å². The van der Waals surface area contributed by atoms with E-state index in [2.05, 4.69) is 5.32 Å². The lowest BCUT2D eigenvalue weighted by Crippen LogP contribution is -2.42. The van der Waals surface area contributed by atoms with Crippen LogP contribution >= 0.6 is 0 Å². The molecule has 1 aromatic rings. The topological polar surface area (TPSA) is 58.6 Å². The van der Waals surface area contributed by atoms with Crippen LogP contribution in [-0.4, -0.2) is 30.3 Å². The molecule has 1 aromatic carbocycles. The van der Waals surface area contributed by atoms with Crippen LogP contribution in [0, 0.1) is 5.82 Å². The summed E-state index contributed by atoms with van der Waals surface area (Å²) in [7, 11) is 1.48. The summed E-state index contributed by atoms with van der Waals surface area (Å²) in [6.45, 7) is 0.361. The molecule has 2 rings (SSSR count). The lowest BCUT2D eigenvalue weighted by molar-refractivity contribution is 0.0246. The standard InChI is InChI=1S/C17H24FNO3/c1-22-11-14-10-13(6-7-15(14)18)16(20)19-12-17(21)8-4-2-3-5-9-17/h6-7,10,21H,2-5,8-9,11-12H2,1H3,(H,19,20). The van der Waals surface area contributed by atoms with Gasteiger partial charge in [0.15, 0.2) is 0 Å². The maximum atomic E-state index is 13.6. The molecule has 0 unspecified atom stereocenters. The molecule has 1 saturated carbocycles. The molecule has 0 bridgehead atoms. The SMILES string of the molecule is COCc1cc(C(=O)NCC2(O)CCCCCC2)ccc1F. The number of halogens is 1. The highest BCUT2D eigenvalue weighted by molar-refractivity contribution is 5.94. The van der Waals surface area contributed by atoms with Gasteiger partial charge in [0, 0.05) is 24.8 Å². The van der Waals surface area contributed by atoms with E-state index >= 15 is 0 Å². The molecule has 1 amide bonds. The zero-order chi connectivity index (χ0) is 16.0. The Labute approximate surface area is 130 Å².